The Morgan fingerprint density at radius 3 is 1.35 bits per heavy atom. The predicted octanol–water partition coefficient (Wildman–Crippen LogP) is 10.2. The molecule has 4 heteroatoms. The average Bonchev–Trinajstić information content (AvgIpc) is 3.89. The largest absolute Gasteiger partial charge is 0.308 e. The van der Waals surface area contributed by atoms with E-state index in [-0.39, 0.29) is 17.5 Å². The van der Waals surface area contributed by atoms with E-state index in [0.717, 1.165) is 0 Å². The second-order valence-electron chi connectivity index (χ2n) is 16.8. The summed E-state index contributed by atoms with van der Waals surface area (Å²) in [5, 5.41) is 11.0. The fraction of sp³-hybridized carbons (Fsp3) is 0.125. The lowest BCUT2D eigenvalue weighted by Crippen LogP contribution is -2.68. The Morgan fingerprint density at radius 2 is 0.846 bits per heavy atom. The van der Waals surface area contributed by atoms with Gasteiger partial charge in [-0.2, -0.15) is 0 Å². The third kappa shape index (κ3) is 2.65. The molecule has 0 atom stereocenters. The lowest BCUT2D eigenvalue weighted by Gasteiger charge is -2.49. The van der Waals surface area contributed by atoms with Crippen LogP contribution in [0.3, 0.4) is 0 Å². The van der Waals surface area contributed by atoms with Gasteiger partial charge in [0.15, 0.2) is 0 Å². The number of nitrogens with zero attached hydrogens (tertiary/aromatic N) is 2. The molecular formula is C48H31BN2S. The fourth-order valence-electron chi connectivity index (χ4n) is 11.7. The first-order valence-corrected chi connectivity index (χ1v) is 19.5. The van der Waals surface area contributed by atoms with Crippen LogP contribution < -0.4 is 16.4 Å². The molecule has 0 unspecified atom stereocenters. The van der Waals surface area contributed by atoms with Gasteiger partial charge in [-0.05, 0) is 46.5 Å². The summed E-state index contributed by atoms with van der Waals surface area (Å²) in [4.78, 5) is 2.93. The van der Waals surface area contributed by atoms with Crippen molar-refractivity contribution in [1.29, 1.82) is 0 Å². The van der Waals surface area contributed by atoms with Crippen molar-refractivity contribution in [2.75, 3.05) is 0 Å². The van der Waals surface area contributed by atoms with Gasteiger partial charge in [-0.25, -0.2) is 0 Å². The second kappa shape index (κ2) is 8.27. The highest BCUT2D eigenvalue weighted by molar-refractivity contribution is 8.00. The lowest BCUT2D eigenvalue weighted by molar-refractivity contribution is 0.620. The summed E-state index contributed by atoms with van der Waals surface area (Å²) in [6.45, 7) is 10.1. The topological polar surface area (TPSA) is 8.82 Å². The number of hydrogen-bond donors (Lipinski definition) is 0. The first kappa shape index (κ1) is 27.2. The highest BCUT2D eigenvalue weighted by Gasteiger charge is 2.52. The Labute approximate surface area is 304 Å². The SMILES string of the molecule is CC1(C)c2cccc3c2B2c4c1cc1c(c4Sc4c2c(cc2c4c4cccc5c6ccccc6n2c54)C3(C)C)c2cccc3c4ccccc4n1c32. The van der Waals surface area contributed by atoms with Crippen LogP contribution in [-0.4, -0.2) is 15.5 Å². The molecule has 14 rings (SSSR count). The number of rotatable bonds is 0. The van der Waals surface area contributed by atoms with Gasteiger partial charge in [0.25, 0.3) is 0 Å². The van der Waals surface area contributed by atoms with Crippen LogP contribution in [0.2, 0.25) is 0 Å². The van der Waals surface area contributed by atoms with E-state index < -0.39 is 0 Å². The molecule has 0 saturated carbocycles. The van der Waals surface area contributed by atoms with Gasteiger partial charge < -0.3 is 8.80 Å². The molecule has 0 amide bonds. The molecule has 3 aliphatic heterocycles. The van der Waals surface area contributed by atoms with Crippen molar-refractivity contribution in [3.05, 3.63) is 138 Å². The van der Waals surface area contributed by atoms with Crippen LogP contribution in [-0.2, 0) is 10.8 Å². The molecule has 2 nitrogen and oxygen atoms in total. The van der Waals surface area contributed by atoms with Crippen LogP contribution in [0.5, 0.6) is 0 Å². The van der Waals surface area contributed by atoms with Crippen LogP contribution in [0.15, 0.2) is 125 Å². The smallest absolute Gasteiger partial charge is 0.245 e. The maximum Gasteiger partial charge on any atom is 0.245 e. The number of para-hydroxylation sites is 4. The zero-order valence-electron chi connectivity index (χ0n) is 29.3. The van der Waals surface area contributed by atoms with Crippen LogP contribution in [0.1, 0.15) is 49.9 Å². The molecule has 52 heavy (non-hydrogen) atoms. The molecular weight excluding hydrogens is 647 g/mol. The second-order valence-corrected chi connectivity index (χ2v) is 17.8. The van der Waals surface area contributed by atoms with E-state index in [1.165, 1.54) is 108 Å². The van der Waals surface area contributed by atoms with Crippen LogP contribution in [0.25, 0.3) is 76.2 Å². The molecule has 7 heterocycles. The van der Waals surface area contributed by atoms with Gasteiger partial charge in [0.05, 0.1) is 33.1 Å². The maximum absolute atomic E-state index is 2.60. The van der Waals surface area contributed by atoms with Crippen molar-refractivity contribution in [3.8, 4) is 0 Å². The van der Waals surface area contributed by atoms with E-state index in [2.05, 4.69) is 164 Å². The van der Waals surface area contributed by atoms with E-state index in [9.17, 15) is 0 Å². The van der Waals surface area contributed by atoms with E-state index in [0.29, 0.717) is 0 Å². The van der Waals surface area contributed by atoms with E-state index >= 15 is 0 Å². The molecule has 4 aromatic heterocycles. The van der Waals surface area contributed by atoms with Gasteiger partial charge in [0, 0.05) is 63.7 Å². The monoisotopic (exact) mass is 678 g/mol. The predicted molar refractivity (Wildman–Crippen MR) is 222 cm³/mol. The number of benzene rings is 7. The van der Waals surface area contributed by atoms with Crippen molar-refractivity contribution >= 4 is 111 Å². The quantitative estimate of drug-likeness (QED) is 0.145. The summed E-state index contributed by atoms with van der Waals surface area (Å²) < 4.78 is 5.18. The lowest BCUT2D eigenvalue weighted by atomic mass is 9.27. The van der Waals surface area contributed by atoms with Crippen LogP contribution >= 0.6 is 11.8 Å². The number of fused-ring (bicyclic) bond motifs is 14. The molecule has 7 aromatic carbocycles. The molecule has 242 valence electrons. The molecule has 3 aliphatic rings. The van der Waals surface area contributed by atoms with Gasteiger partial charge in [-0.15, -0.1) is 0 Å². The Morgan fingerprint density at radius 1 is 0.423 bits per heavy atom. The molecule has 0 aliphatic carbocycles. The molecule has 0 fully saturated rings. The standard InChI is InChI=1S/C48H31BN2S/c1-47(2)30-18-11-19-31-40(30)49-41-32(47)22-36-38(28-16-9-14-26-24-12-5-7-20-34(24)50(36)43(26)28)45(41)52-46-39-29-17-10-15-27-25-13-6-8-21-35(25)51(44(27)29)37(39)23-33(42(46)49)48(31,3)4/h5-23H,1-4H3. The van der Waals surface area contributed by atoms with Gasteiger partial charge in [0.1, 0.15) is 0 Å². The zero-order chi connectivity index (χ0) is 34.2. The summed E-state index contributed by atoms with van der Waals surface area (Å²) in [6.07, 6.45) is 0. The molecule has 0 saturated heterocycles. The Hall–Kier alpha value is -5.45. The molecule has 0 spiro atoms. The zero-order valence-corrected chi connectivity index (χ0v) is 30.2. The highest BCUT2D eigenvalue weighted by atomic mass is 32.2. The molecule has 0 radical (unpaired) electrons. The third-order valence-corrected chi connectivity index (χ3v) is 15.1. The first-order valence-electron chi connectivity index (χ1n) is 18.7. The molecule has 0 bridgehead atoms. The first-order chi connectivity index (χ1) is 25.4. The van der Waals surface area contributed by atoms with Crippen molar-refractivity contribution in [1.82, 2.24) is 8.80 Å². The van der Waals surface area contributed by atoms with Crippen molar-refractivity contribution in [2.45, 2.75) is 48.3 Å². The van der Waals surface area contributed by atoms with E-state index in [4.69, 9.17) is 0 Å². The summed E-state index contributed by atoms with van der Waals surface area (Å²) in [5.74, 6) is 0. The Balaban J connectivity index is 1.25. The van der Waals surface area contributed by atoms with E-state index in [1.54, 1.807) is 16.4 Å². The molecule has 11 aromatic rings. The average molecular weight is 679 g/mol. The number of aromatic nitrogens is 2. The highest BCUT2D eigenvalue weighted by Crippen LogP contribution is 2.54. The number of hydrogen-bond acceptors (Lipinski definition) is 1. The van der Waals surface area contributed by atoms with Gasteiger partial charge in [-0.1, -0.05) is 147 Å². The minimum absolute atomic E-state index is 0.150. The van der Waals surface area contributed by atoms with E-state index in [1.807, 2.05) is 0 Å². The normalized spacial score (nSPS) is 16.7. The van der Waals surface area contributed by atoms with Crippen molar-refractivity contribution in [3.63, 3.8) is 0 Å². The summed E-state index contributed by atoms with van der Waals surface area (Å²) in [5.41, 5.74) is 18.3. The summed E-state index contributed by atoms with van der Waals surface area (Å²) in [6, 6.07) is 44.4. The van der Waals surface area contributed by atoms with Crippen LogP contribution in [0, 0.1) is 0 Å². The Kier molecular flexibility index (Phi) is 4.33. The van der Waals surface area contributed by atoms with Gasteiger partial charge >= 0.3 is 0 Å². The third-order valence-electron chi connectivity index (χ3n) is 13.9. The fourth-order valence-corrected chi connectivity index (χ4v) is 13.3. The maximum atomic E-state index is 2.60. The van der Waals surface area contributed by atoms with Gasteiger partial charge in [0.2, 0.25) is 6.71 Å². The summed E-state index contributed by atoms with van der Waals surface area (Å²) >= 11 is 2.08. The van der Waals surface area contributed by atoms with Crippen molar-refractivity contribution in [2.24, 2.45) is 0 Å². The summed E-state index contributed by atoms with van der Waals surface area (Å²) in [7, 11) is 0. The van der Waals surface area contributed by atoms with Gasteiger partial charge in [-0.3, -0.25) is 0 Å². The molecule has 0 N–H and O–H groups in total. The van der Waals surface area contributed by atoms with Crippen LogP contribution in [0.4, 0.5) is 0 Å². The minimum Gasteiger partial charge on any atom is -0.308 e. The van der Waals surface area contributed by atoms with Crippen molar-refractivity contribution < 1.29 is 0 Å². The minimum atomic E-state index is -0.150. The Bertz CT molecular complexity index is 3280.